The Labute approximate surface area is 94.5 Å². The Bertz CT molecular complexity index is 385. The molecule has 0 amide bonds. The van der Waals surface area contributed by atoms with Gasteiger partial charge in [0.15, 0.2) is 0 Å². The highest BCUT2D eigenvalue weighted by Crippen LogP contribution is 2.13. The second-order valence-corrected chi connectivity index (χ2v) is 4.46. The predicted molar refractivity (Wildman–Crippen MR) is 61.4 cm³/mol. The van der Waals surface area contributed by atoms with Crippen molar-refractivity contribution in [3.63, 3.8) is 0 Å². The van der Waals surface area contributed by atoms with Gasteiger partial charge in [0.05, 0.1) is 6.20 Å². The Hall–Kier alpha value is -0.940. The molecule has 14 heavy (non-hydrogen) atoms. The molecule has 5 heteroatoms. The Morgan fingerprint density at radius 2 is 2.07 bits per heavy atom. The van der Waals surface area contributed by atoms with E-state index in [1.807, 2.05) is 12.1 Å². The molecule has 0 bridgehead atoms. The average Bonchev–Trinajstić information content (AvgIpc) is 2.70. The lowest BCUT2D eigenvalue weighted by molar-refractivity contribution is 1.13. The Morgan fingerprint density at radius 1 is 1.29 bits per heavy atom. The third-order valence-corrected chi connectivity index (χ3v) is 2.89. The largest absolute Gasteiger partial charge is 0.370 e. The first-order chi connectivity index (χ1) is 6.84. The quantitative estimate of drug-likeness (QED) is 0.931. The first-order valence-corrected chi connectivity index (χ1v) is 5.67. The molecule has 0 saturated heterocycles. The van der Waals surface area contributed by atoms with Crippen molar-refractivity contribution in [2.24, 2.45) is 0 Å². The fourth-order valence-electron chi connectivity index (χ4n) is 1.04. The maximum absolute atomic E-state index is 3.77. The normalized spacial score (nSPS) is 10.1. The van der Waals surface area contributed by atoms with E-state index < -0.39 is 0 Å². The number of benzene rings is 1. The van der Waals surface area contributed by atoms with Gasteiger partial charge in [0.1, 0.15) is 5.00 Å². The highest BCUT2D eigenvalue weighted by Gasteiger charge is 1.95. The summed E-state index contributed by atoms with van der Waals surface area (Å²) in [7, 11) is 0. The van der Waals surface area contributed by atoms with Crippen LogP contribution in [0.4, 0.5) is 5.00 Å². The molecule has 1 aromatic carbocycles. The number of aromatic nitrogens is 2. The van der Waals surface area contributed by atoms with Crippen molar-refractivity contribution in [2.75, 3.05) is 5.32 Å². The van der Waals surface area contributed by atoms with Crippen molar-refractivity contribution in [1.82, 2.24) is 9.59 Å². The number of rotatable bonds is 3. The second-order valence-electron chi connectivity index (χ2n) is 2.76. The number of anilines is 1. The summed E-state index contributed by atoms with van der Waals surface area (Å²) in [6.07, 6.45) is 1.73. The third-order valence-electron chi connectivity index (χ3n) is 1.74. The molecule has 0 fully saturated rings. The van der Waals surface area contributed by atoms with Gasteiger partial charge in [-0.2, -0.15) is 0 Å². The number of nitrogens with zero attached hydrogens (tertiary/aromatic N) is 2. The number of nitrogens with one attached hydrogen (secondary N) is 1. The van der Waals surface area contributed by atoms with Crippen LogP contribution < -0.4 is 5.32 Å². The summed E-state index contributed by atoms with van der Waals surface area (Å²) in [4.78, 5) is 0. The summed E-state index contributed by atoms with van der Waals surface area (Å²) in [6, 6.07) is 8.21. The van der Waals surface area contributed by atoms with Gasteiger partial charge in [0.2, 0.25) is 0 Å². The fraction of sp³-hybridized carbons (Fsp3) is 0.111. The Kier molecular flexibility index (Phi) is 3.10. The zero-order valence-corrected chi connectivity index (χ0v) is 9.68. The maximum Gasteiger partial charge on any atom is 0.130 e. The van der Waals surface area contributed by atoms with E-state index in [9.17, 15) is 0 Å². The Balaban J connectivity index is 1.95. The summed E-state index contributed by atoms with van der Waals surface area (Å²) in [5, 5.41) is 7.98. The van der Waals surface area contributed by atoms with Crippen LogP contribution >= 0.6 is 27.5 Å². The summed E-state index contributed by atoms with van der Waals surface area (Å²) in [5.41, 5.74) is 1.24. The molecular formula is C9H8BrN3S. The van der Waals surface area contributed by atoms with E-state index in [0.717, 1.165) is 16.0 Å². The van der Waals surface area contributed by atoms with E-state index in [1.165, 1.54) is 17.1 Å². The van der Waals surface area contributed by atoms with E-state index >= 15 is 0 Å². The van der Waals surface area contributed by atoms with E-state index in [-0.39, 0.29) is 0 Å². The van der Waals surface area contributed by atoms with Crippen molar-refractivity contribution in [1.29, 1.82) is 0 Å². The molecule has 0 radical (unpaired) electrons. The molecule has 0 atom stereocenters. The van der Waals surface area contributed by atoms with Crippen LogP contribution in [-0.4, -0.2) is 9.59 Å². The molecule has 1 aromatic heterocycles. The molecule has 0 aliphatic heterocycles. The highest BCUT2D eigenvalue weighted by molar-refractivity contribution is 9.10. The van der Waals surface area contributed by atoms with E-state index in [0.29, 0.717) is 0 Å². The van der Waals surface area contributed by atoms with Crippen molar-refractivity contribution < 1.29 is 0 Å². The first kappa shape index (κ1) is 9.61. The summed E-state index contributed by atoms with van der Waals surface area (Å²) < 4.78 is 4.87. The standard InChI is InChI=1S/C9H8BrN3S/c10-8-3-1-7(2-4-8)5-11-9-6-12-13-14-9/h1-4,6,11H,5H2. The van der Waals surface area contributed by atoms with Gasteiger partial charge in [-0.3, -0.25) is 0 Å². The van der Waals surface area contributed by atoms with Gasteiger partial charge in [0, 0.05) is 22.5 Å². The lowest BCUT2D eigenvalue weighted by atomic mass is 10.2. The number of halogens is 1. The minimum atomic E-state index is 0.803. The van der Waals surface area contributed by atoms with Crippen LogP contribution in [0.3, 0.4) is 0 Å². The third kappa shape index (κ3) is 2.52. The van der Waals surface area contributed by atoms with Gasteiger partial charge in [0.25, 0.3) is 0 Å². The summed E-state index contributed by atoms with van der Waals surface area (Å²) in [5.74, 6) is 0. The monoisotopic (exact) mass is 269 g/mol. The fourth-order valence-corrected chi connectivity index (χ4v) is 1.71. The topological polar surface area (TPSA) is 37.8 Å². The predicted octanol–water partition coefficient (Wildman–Crippen LogP) is 2.91. The molecule has 2 aromatic rings. The smallest absolute Gasteiger partial charge is 0.130 e. The first-order valence-electron chi connectivity index (χ1n) is 4.10. The van der Waals surface area contributed by atoms with Crippen LogP contribution in [0.5, 0.6) is 0 Å². The summed E-state index contributed by atoms with van der Waals surface area (Å²) >= 11 is 4.76. The van der Waals surface area contributed by atoms with Crippen LogP contribution in [-0.2, 0) is 6.54 Å². The molecule has 3 nitrogen and oxygen atoms in total. The van der Waals surface area contributed by atoms with E-state index in [1.54, 1.807) is 6.20 Å². The number of hydrogen-bond acceptors (Lipinski definition) is 4. The number of hydrogen-bond donors (Lipinski definition) is 1. The molecule has 1 N–H and O–H groups in total. The van der Waals surface area contributed by atoms with Crippen LogP contribution in [0.1, 0.15) is 5.56 Å². The van der Waals surface area contributed by atoms with E-state index in [4.69, 9.17) is 0 Å². The minimum Gasteiger partial charge on any atom is -0.370 e. The molecule has 72 valence electrons. The second kappa shape index (κ2) is 4.52. The van der Waals surface area contributed by atoms with Gasteiger partial charge < -0.3 is 5.32 Å². The molecule has 0 unspecified atom stereocenters. The maximum atomic E-state index is 3.77. The molecule has 0 aliphatic carbocycles. The van der Waals surface area contributed by atoms with Crippen molar-refractivity contribution in [3.05, 3.63) is 40.5 Å². The summed E-state index contributed by atoms with van der Waals surface area (Å²) in [6.45, 7) is 0.803. The molecular weight excluding hydrogens is 262 g/mol. The molecule has 0 spiro atoms. The van der Waals surface area contributed by atoms with Gasteiger partial charge in [-0.15, -0.1) is 5.10 Å². The lowest BCUT2D eigenvalue weighted by Crippen LogP contribution is -1.96. The minimum absolute atomic E-state index is 0.803. The van der Waals surface area contributed by atoms with Crippen LogP contribution in [0, 0.1) is 0 Å². The molecule has 0 aliphatic rings. The SMILES string of the molecule is Brc1ccc(CNc2cnns2)cc1. The lowest BCUT2D eigenvalue weighted by Gasteiger charge is -2.02. The Morgan fingerprint density at radius 3 is 2.71 bits per heavy atom. The van der Waals surface area contributed by atoms with Gasteiger partial charge in [-0.25, -0.2) is 0 Å². The van der Waals surface area contributed by atoms with Crippen LogP contribution in [0.25, 0.3) is 0 Å². The highest BCUT2D eigenvalue weighted by atomic mass is 79.9. The van der Waals surface area contributed by atoms with Gasteiger partial charge >= 0.3 is 0 Å². The van der Waals surface area contributed by atoms with Crippen LogP contribution in [0.2, 0.25) is 0 Å². The van der Waals surface area contributed by atoms with Crippen molar-refractivity contribution >= 4 is 32.5 Å². The van der Waals surface area contributed by atoms with Crippen molar-refractivity contribution in [3.8, 4) is 0 Å². The zero-order chi connectivity index (χ0) is 9.80. The molecule has 2 rings (SSSR count). The van der Waals surface area contributed by atoms with Crippen LogP contribution in [0.15, 0.2) is 34.9 Å². The van der Waals surface area contributed by atoms with Crippen molar-refractivity contribution in [2.45, 2.75) is 6.54 Å². The van der Waals surface area contributed by atoms with Gasteiger partial charge in [-0.05, 0) is 17.7 Å². The molecule has 0 saturated carbocycles. The van der Waals surface area contributed by atoms with E-state index in [2.05, 4.69) is 43.0 Å². The zero-order valence-electron chi connectivity index (χ0n) is 7.27. The average molecular weight is 270 g/mol. The molecule has 1 heterocycles. The van der Waals surface area contributed by atoms with Gasteiger partial charge in [-0.1, -0.05) is 32.6 Å².